The number of amides is 1. The monoisotopic (exact) mass is 429 g/mol. The maximum atomic E-state index is 12.9. The number of likely N-dealkylation sites (N-methyl/N-ethyl adjacent to an activating group) is 1. The molecule has 24 heavy (non-hydrogen) atoms. The lowest BCUT2D eigenvalue weighted by Crippen LogP contribution is -2.46. The smallest absolute Gasteiger partial charge is 0.325 e. The van der Waals surface area contributed by atoms with Gasteiger partial charge in [-0.15, -0.1) is 12.4 Å². The van der Waals surface area contributed by atoms with Gasteiger partial charge in [-0.2, -0.15) is 13.2 Å². The van der Waals surface area contributed by atoms with Crippen LogP contribution < -0.4 is 10.6 Å². The fourth-order valence-electron chi connectivity index (χ4n) is 2.66. The molecule has 0 radical (unpaired) electrons. The standard InChI is InChI=1S/C15H19BrF3N3O.ClH/c1-20-11-3-2-6-22(8-11)9-14(23)21-10-4-5-13(16)12(7-10)15(17,18)19;/h4-5,7,11,20H,2-3,6,8-9H2,1H3,(H,21,23);1H. The molecule has 4 nitrogen and oxygen atoms in total. The third-order valence-electron chi connectivity index (χ3n) is 3.84. The summed E-state index contributed by atoms with van der Waals surface area (Å²) in [5.74, 6) is -0.308. The number of piperidine rings is 1. The molecule has 136 valence electrons. The largest absolute Gasteiger partial charge is 0.417 e. The summed E-state index contributed by atoms with van der Waals surface area (Å²) in [6.07, 6.45) is -2.40. The van der Waals surface area contributed by atoms with E-state index in [4.69, 9.17) is 0 Å². The van der Waals surface area contributed by atoms with Crippen LogP contribution in [-0.4, -0.2) is 43.5 Å². The van der Waals surface area contributed by atoms with Gasteiger partial charge in [-0.05, 0) is 44.6 Å². The van der Waals surface area contributed by atoms with Crippen molar-refractivity contribution in [3.05, 3.63) is 28.2 Å². The SMILES string of the molecule is CNC1CCCN(CC(=O)Nc2ccc(Br)c(C(F)(F)F)c2)C1.Cl. The molecular weight excluding hydrogens is 411 g/mol. The summed E-state index contributed by atoms with van der Waals surface area (Å²) in [6, 6.07) is 4.02. The van der Waals surface area contributed by atoms with Crippen molar-refractivity contribution in [3.63, 3.8) is 0 Å². The molecule has 9 heteroatoms. The van der Waals surface area contributed by atoms with Crippen LogP contribution in [0.3, 0.4) is 0 Å². The summed E-state index contributed by atoms with van der Waals surface area (Å²) in [6.45, 7) is 1.76. The number of halogens is 5. The summed E-state index contributed by atoms with van der Waals surface area (Å²) in [5, 5.41) is 5.72. The van der Waals surface area contributed by atoms with E-state index in [1.807, 2.05) is 11.9 Å². The number of hydrogen-bond donors (Lipinski definition) is 2. The summed E-state index contributed by atoms with van der Waals surface area (Å²) >= 11 is 2.88. The molecule has 2 N–H and O–H groups in total. The zero-order chi connectivity index (χ0) is 17.0. The van der Waals surface area contributed by atoms with Gasteiger partial charge in [-0.25, -0.2) is 0 Å². The van der Waals surface area contributed by atoms with E-state index in [0.29, 0.717) is 6.04 Å². The Kier molecular flexibility index (Phi) is 7.98. The van der Waals surface area contributed by atoms with E-state index in [2.05, 4.69) is 26.6 Å². The quantitative estimate of drug-likeness (QED) is 0.768. The predicted molar refractivity (Wildman–Crippen MR) is 93.5 cm³/mol. The van der Waals surface area contributed by atoms with Crippen molar-refractivity contribution in [2.24, 2.45) is 0 Å². The average Bonchev–Trinajstić information content (AvgIpc) is 2.48. The van der Waals surface area contributed by atoms with Crippen molar-refractivity contribution >= 4 is 39.9 Å². The fourth-order valence-corrected chi connectivity index (χ4v) is 3.13. The van der Waals surface area contributed by atoms with E-state index in [1.54, 1.807) is 0 Å². The normalized spacial score (nSPS) is 18.8. The maximum Gasteiger partial charge on any atom is 0.417 e. The van der Waals surface area contributed by atoms with Gasteiger partial charge in [-0.3, -0.25) is 9.69 Å². The Morgan fingerprint density at radius 2 is 2.12 bits per heavy atom. The first-order chi connectivity index (χ1) is 10.8. The summed E-state index contributed by atoms with van der Waals surface area (Å²) in [5.41, 5.74) is -0.656. The van der Waals surface area contributed by atoms with Gasteiger partial charge in [0.25, 0.3) is 0 Å². The molecule has 1 aliphatic rings. The van der Waals surface area contributed by atoms with Gasteiger partial charge in [0.05, 0.1) is 12.1 Å². The number of benzene rings is 1. The second kappa shape index (κ2) is 9.03. The lowest BCUT2D eigenvalue weighted by molar-refractivity contribution is -0.138. The van der Waals surface area contributed by atoms with Gasteiger partial charge < -0.3 is 10.6 Å². The molecular formula is C15H20BrClF3N3O. The second-order valence-corrected chi connectivity index (χ2v) is 6.46. The zero-order valence-electron chi connectivity index (χ0n) is 13.1. The van der Waals surface area contributed by atoms with Gasteiger partial charge in [0.15, 0.2) is 0 Å². The van der Waals surface area contributed by atoms with E-state index < -0.39 is 11.7 Å². The molecule has 0 spiro atoms. The molecule has 1 saturated heterocycles. The fraction of sp³-hybridized carbons (Fsp3) is 0.533. The van der Waals surface area contributed by atoms with Crippen LogP contribution in [0, 0.1) is 0 Å². The minimum atomic E-state index is -4.47. The molecule has 1 aromatic carbocycles. The first-order valence-corrected chi connectivity index (χ1v) is 8.15. The van der Waals surface area contributed by atoms with E-state index >= 15 is 0 Å². The second-order valence-electron chi connectivity index (χ2n) is 5.60. The first-order valence-electron chi connectivity index (χ1n) is 7.36. The summed E-state index contributed by atoms with van der Waals surface area (Å²) < 4.78 is 38.5. The average molecular weight is 431 g/mol. The number of carbonyl (C=O) groups is 1. The van der Waals surface area contributed by atoms with Crippen molar-refractivity contribution in [2.75, 3.05) is 32.0 Å². The lowest BCUT2D eigenvalue weighted by Gasteiger charge is -2.31. The van der Waals surface area contributed by atoms with Crippen LogP contribution in [0.1, 0.15) is 18.4 Å². The predicted octanol–water partition coefficient (Wildman–Crippen LogP) is 3.51. The molecule has 0 bridgehead atoms. The van der Waals surface area contributed by atoms with Gasteiger partial charge in [0, 0.05) is 22.7 Å². The van der Waals surface area contributed by atoms with Crippen LogP contribution in [0.4, 0.5) is 18.9 Å². The molecule has 0 aromatic heterocycles. The summed E-state index contributed by atoms with van der Waals surface area (Å²) in [4.78, 5) is 14.1. The first kappa shape index (κ1) is 21.2. The van der Waals surface area contributed by atoms with Crippen LogP contribution in [0.25, 0.3) is 0 Å². The Morgan fingerprint density at radius 1 is 1.42 bits per heavy atom. The Bertz CT molecular complexity index is 571. The van der Waals surface area contributed by atoms with Gasteiger partial charge in [0.1, 0.15) is 0 Å². The van der Waals surface area contributed by atoms with Crippen LogP contribution in [0.2, 0.25) is 0 Å². The number of carbonyl (C=O) groups excluding carboxylic acids is 1. The highest BCUT2D eigenvalue weighted by Gasteiger charge is 2.33. The number of nitrogens with one attached hydrogen (secondary N) is 2. The highest BCUT2D eigenvalue weighted by molar-refractivity contribution is 9.10. The van der Waals surface area contributed by atoms with Crippen molar-refractivity contribution in [2.45, 2.75) is 25.1 Å². The van der Waals surface area contributed by atoms with Crippen molar-refractivity contribution in [3.8, 4) is 0 Å². The molecule has 2 rings (SSSR count). The topological polar surface area (TPSA) is 44.4 Å². The van der Waals surface area contributed by atoms with Crippen LogP contribution in [-0.2, 0) is 11.0 Å². The maximum absolute atomic E-state index is 12.9. The Morgan fingerprint density at radius 3 is 2.75 bits per heavy atom. The Balaban J connectivity index is 0.00000288. The third kappa shape index (κ3) is 5.91. The number of alkyl halides is 3. The van der Waals surface area contributed by atoms with Crippen LogP contribution >= 0.6 is 28.3 Å². The van der Waals surface area contributed by atoms with Crippen molar-refractivity contribution in [1.82, 2.24) is 10.2 Å². The molecule has 0 saturated carbocycles. The molecule has 1 aromatic rings. The van der Waals surface area contributed by atoms with Crippen LogP contribution in [0.5, 0.6) is 0 Å². The third-order valence-corrected chi connectivity index (χ3v) is 4.53. The Labute approximate surface area is 153 Å². The van der Waals surface area contributed by atoms with Gasteiger partial charge >= 0.3 is 6.18 Å². The number of likely N-dealkylation sites (tertiary alicyclic amines) is 1. The highest BCUT2D eigenvalue weighted by Crippen LogP contribution is 2.36. The van der Waals surface area contributed by atoms with E-state index in [0.717, 1.165) is 32.0 Å². The number of hydrogen-bond acceptors (Lipinski definition) is 3. The highest BCUT2D eigenvalue weighted by atomic mass is 79.9. The number of nitrogens with zero attached hydrogens (tertiary/aromatic N) is 1. The van der Waals surface area contributed by atoms with Gasteiger partial charge in [-0.1, -0.05) is 15.9 Å². The van der Waals surface area contributed by atoms with E-state index in [1.165, 1.54) is 12.1 Å². The minimum Gasteiger partial charge on any atom is -0.325 e. The molecule has 1 heterocycles. The molecule has 1 fully saturated rings. The molecule has 0 aliphatic carbocycles. The van der Waals surface area contributed by atoms with Crippen LogP contribution in [0.15, 0.2) is 22.7 Å². The molecule has 1 aliphatic heterocycles. The Hall–Kier alpha value is -0.830. The molecule has 1 amide bonds. The number of anilines is 1. The zero-order valence-corrected chi connectivity index (χ0v) is 15.5. The van der Waals surface area contributed by atoms with Crippen molar-refractivity contribution < 1.29 is 18.0 Å². The van der Waals surface area contributed by atoms with Crippen molar-refractivity contribution in [1.29, 1.82) is 0 Å². The van der Waals surface area contributed by atoms with E-state index in [9.17, 15) is 18.0 Å². The number of rotatable bonds is 4. The lowest BCUT2D eigenvalue weighted by atomic mass is 10.1. The molecule has 1 atom stereocenters. The summed E-state index contributed by atoms with van der Waals surface area (Å²) in [7, 11) is 1.88. The molecule has 1 unspecified atom stereocenters. The minimum absolute atomic E-state index is 0. The van der Waals surface area contributed by atoms with E-state index in [-0.39, 0.29) is 35.0 Å². The van der Waals surface area contributed by atoms with Gasteiger partial charge in [0.2, 0.25) is 5.91 Å².